The Balaban J connectivity index is 1.54. The number of carbonyl (C=O) groups excluding carboxylic acids is 1. The molecule has 0 saturated carbocycles. The average molecular weight is 507 g/mol. The van der Waals surface area contributed by atoms with Gasteiger partial charge in [0.1, 0.15) is 11.4 Å². The number of aromatic nitrogens is 3. The molecule has 7 nitrogen and oxygen atoms in total. The SMILES string of the molecule is CC(C)(C)OC(=O)N1CCCC1CCn1ccc2cc(-c3ncc(C(F)(F)F)cn3)c(F)cc2c1=O. The molecule has 1 aliphatic heterocycles. The fourth-order valence-corrected chi connectivity index (χ4v) is 4.25. The zero-order valence-electron chi connectivity index (χ0n) is 20.1. The second-order valence-corrected chi connectivity index (χ2v) is 9.79. The molecule has 36 heavy (non-hydrogen) atoms. The van der Waals surface area contributed by atoms with Crippen molar-refractivity contribution in [2.45, 2.75) is 64.4 Å². The molecule has 1 saturated heterocycles. The van der Waals surface area contributed by atoms with Crippen LogP contribution in [0.5, 0.6) is 0 Å². The minimum atomic E-state index is -4.60. The molecule has 1 aliphatic rings. The first kappa shape index (κ1) is 25.6. The van der Waals surface area contributed by atoms with E-state index >= 15 is 0 Å². The number of amides is 1. The third-order valence-electron chi connectivity index (χ3n) is 5.99. The molecule has 1 amide bonds. The van der Waals surface area contributed by atoms with E-state index in [0.717, 1.165) is 18.9 Å². The molecule has 3 aromatic rings. The van der Waals surface area contributed by atoms with Crippen molar-refractivity contribution in [2.24, 2.45) is 0 Å². The van der Waals surface area contributed by atoms with Gasteiger partial charge in [0.05, 0.1) is 16.5 Å². The van der Waals surface area contributed by atoms with Crippen LogP contribution in [0.25, 0.3) is 22.2 Å². The fourth-order valence-electron chi connectivity index (χ4n) is 4.25. The summed E-state index contributed by atoms with van der Waals surface area (Å²) < 4.78 is 60.1. The number of ether oxygens (including phenoxy) is 1. The lowest BCUT2D eigenvalue weighted by Gasteiger charge is -2.28. The first-order chi connectivity index (χ1) is 16.8. The number of alkyl halides is 3. The standard InChI is InChI=1S/C25H26F4N4O3/c1-24(2,3)36-23(35)33-8-4-5-17(33)7-10-32-9-6-15-11-19(20(26)12-18(15)22(32)34)21-30-13-16(14-31-21)25(27,28)29/h6,9,11-14,17H,4-5,7-8,10H2,1-3H3. The first-order valence-corrected chi connectivity index (χ1v) is 11.6. The molecule has 1 aromatic carbocycles. The maximum atomic E-state index is 14.8. The zero-order chi connectivity index (χ0) is 26.3. The lowest BCUT2D eigenvalue weighted by Crippen LogP contribution is -2.40. The molecule has 1 fully saturated rings. The van der Waals surface area contributed by atoms with Crippen molar-refractivity contribution in [1.29, 1.82) is 0 Å². The van der Waals surface area contributed by atoms with Gasteiger partial charge in [0.2, 0.25) is 0 Å². The van der Waals surface area contributed by atoms with Gasteiger partial charge >= 0.3 is 12.3 Å². The summed E-state index contributed by atoms with van der Waals surface area (Å²) in [6, 6.07) is 3.95. The van der Waals surface area contributed by atoms with E-state index in [0.29, 0.717) is 37.3 Å². The van der Waals surface area contributed by atoms with Crippen LogP contribution < -0.4 is 5.56 Å². The number of aryl methyl sites for hydroxylation is 1. The van der Waals surface area contributed by atoms with Gasteiger partial charge in [0.15, 0.2) is 5.82 Å². The van der Waals surface area contributed by atoms with Crippen LogP contribution in [0, 0.1) is 5.82 Å². The molecule has 192 valence electrons. The normalized spacial score (nSPS) is 16.5. The molecular formula is C25H26F4N4O3. The molecule has 0 aliphatic carbocycles. The Bertz CT molecular complexity index is 1330. The quantitative estimate of drug-likeness (QED) is 0.443. The summed E-state index contributed by atoms with van der Waals surface area (Å²) in [5.74, 6) is -1.03. The summed E-state index contributed by atoms with van der Waals surface area (Å²) in [6.45, 7) is 6.33. The number of pyridine rings is 1. The molecule has 4 rings (SSSR count). The van der Waals surface area contributed by atoms with Gasteiger partial charge in [-0.2, -0.15) is 13.2 Å². The smallest absolute Gasteiger partial charge is 0.419 e. The van der Waals surface area contributed by atoms with Crippen LogP contribution in [0.1, 0.15) is 45.6 Å². The van der Waals surface area contributed by atoms with Crippen LogP contribution in [-0.2, 0) is 17.5 Å². The first-order valence-electron chi connectivity index (χ1n) is 11.6. The summed E-state index contributed by atoms with van der Waals surface area (Å²) in [7, 11) is 0. The van der Waals surface area contributed by atoms with Crippen molar-refractivity contribution in [3.8, 4) is 11.4 Å². The van der Waals surface area contributed by atoms with Crippen molar-refractivity contribution in [2.75, 3.05) is 6.54 Å². The van der Waals surface area contributed by atoms with E-state index in [1.165, 1.54) is 10.6 Å². The van der Waals surface area contributed by atoms with Gasteiger partial charge in [0.25, 0.3) is 5.56 Å². The maximum Gasteiger partial charge on any atom is 0.419 e. The predicted octanol–water partition coefficient (Wildman–Crippen LogP) is 5.41. The highest BCUT2D eigenvalue weighted by Crippen LogP contribution is 2.30. The third-order valence-corrected chi connectivity index (χ3v) is 5.99. The Morgan fingerprint density at radius 2 is 1.86 bits per heavy atom. The van der Waals surface area contributed by atoms with Gasteiger partial charge in [-0.3, -0.25) is 4.79 Å². The number of carbonyl (C=O) groups is 1. The second kappa shape index (κ2) is 9.51. The van der Waals surface area contributed by atoms with Gasteiger partial charge in [-0.1, -0.05) is 0 Å². The Hall–Kier alpha value is -3.50. The van der Waals surface area contributed by atoms with Gasteiger partial charge in [0, 0.05) is 37.7 Å². The molecule has 0 radical (unpaired) electrons. The van der Waals surface area contributed by atoms with Gasteiger partial charge < -0.3 is 14.2 Å². The Kier molecular flexibility index (Phi) is 6.76. The lowest BCUT2D eigenvalue weighted by molar-refractivity contribution is -0.138. The van der Waals surface area contributed by atoms with E-state index in [4.69, 9.17) is 4.74 Å². The van der Waals surface area contributed by atoms with E-state index in [1.54, 1.807) is 37.9 Å². The van der Waals surface area contributed by atoms with Crippen LogP contribution >= 0.6 is 0 Å². The number of benzene rings is 1. The maximum absolute atomic E-state index is 14.8. The fraction of sp³-hybridized carbons (Fsp3) is 0.440. The second-order valence-electron chi connectivity index (χ2n) is 9.79. The van der Waals surface area contributed by atoms with E-state index in [9.17, 15) is 27.2 Å². The number of fused-ring (bicyclic) bond motifs is 1. The van der Waals surface area contributed by atoms with Crippen LogP contribution in [-0.4, -0.2) is 43.7 Å². The van der Waals surface area contributed by atoms with Gasteiger partial charge in [-0.25, -0.2) is 19.2 Å². The van der Waals surface area contributed by atoms with Crippen LogP contribution in [0.4, 0.5) is 22.4 Å². The summed E-state index contributed by atoms with van der Waals surface area (Å²) >= 11 is 0. The largest absolute Gasteiger partial charge is 0.444 e. The molecule has 0 spiro atoms. The third kappa shape index (κ3) is 5.50. The monoisotopic (exact) mass is 506 g/mol. The number of likely N-dealkylation sites (tertiary alicyclic amines) is 1. The highest BCUT2D eigenvalue weighted by Gasteiger charge is 2.32. The van der Waals surface area contributed by atoms with E-state index in [2.05, 4.69) is 9.97 Å². The predicted molar refractivity (Wildman–Crippen MR) is 125 cm³/mol. The van der Waals surface area contributed by atoms with E-state index in [-0.39, 0.29) is 28.9 Å². The molecule has 0 bridgehead atoms. The van der Waals surface area contributed by atoms with Crippen LogP contribution in [0.3, 0.4) is 0 Å². The summed E-state index contributed by atoms with van der Waals surface area (Å²) in [4.78, 5) is 34.5. The minimum Gasteiger partial charge on any atom is -0.444 e. The average Bonchev–Trinajstić information content (AvgIpc) is 3.26. The van der Waals surface area contributed by atoms with Gasteiger partial charge in [-0.05, 0) is 63.6 Å². The molecule has 1 atom stereocenters. The topological polar surface area (TPSA) is 77.3 Å². The Labute approximate surface area is 204 Å². The van der Waals surface area contributed by atoms with Crippen molar-refractivity contribution in [1.82, 2.24) is 19.4 Å². The number of rotatable bonds is 4. The number of halogens is 4. The number of nitrogens with zero attached hydrogens (tertiary/aromatic N) is 4. The molecule has 11 heteroatoms. The van der Waals surface area contributed by atoms with Crippen LogP contribution in [0.2, 0.25) is 0 Å². The zero-order valence-corrected chi connectivity index (χ0v) is 20.1. The van der Waals surface area contributed by atoms with Crippen molar-refractivity contribution in [3.05, 3.63) is 58.5 Å². The Morgan fingerprint density at radius 3 is 2.50 bits per heavy atom. The molecule has 1 unspecified atom stereocenters. The summed E-state index contributed by atoms with van der Waals surface area (Å²) in [5.41, 5.74) is -2.16. The molecule has 3 heterocycles. The van der Waals surface area contributed by atoms with E-state index in [1.807, 2.05) is 0 Å². The van der Waals surface area contributed by atoms with Crippen LogP contribution in [0.15, 0.2) is 41.6 Å². The summed E-state index contributed by atoms with van der Waals surface area (Å²) in [5, 5.41) is 0.536. The minimum absolute atomic E-state index is 0.0709. The van der Waals surface area contributed by atoms with E-state index < -0.39 is 28.7 Å². The Morgan fingerprint density at radius 1 is 1.17 bits per heavy atom. The lowest BCUT2D eigenvalue weighted by atomic mass is 10.1. The summed E-state index contributed by atoms with van der Waals surface area (Å²) in [6.07, 6.45) is -0.0498. The highest BCUT2D eigenvalue weighted by molar-refractivity contribution is 5.86. The van der Waals surface area contributed by atoms with Gasteiger partial charge in [-0.15, -0.1) is 0 Å². The molecule has 2 aromatic heterocycles. The number of hydrogen-bond acceptors (Lipinski definition) is 5. The van der Waals surface area contributed by atoms with Crippen molar-refractivity contribution >= 4 is 16.9 Å². The highest BCUT2D eigenvalue weighted by atomic mass is 19.4. The molecule has 0 N–H and O–H groups in total. The number of hydrogen-bond donors (Lipinski definition) is 0. The van der Waals surface area contributed by atoms with Crippen molar-refractivity contribution in [3.63, 3.8) is 0 Å². The molecular weight excluding hydrogens is 480 g/mol. The van der Waals surface area contributed by atoms with Crippen molar-refractivity contribution < 1.29 is 27.1 Å².